The van der Waals surface area contributed by atoms with Crippen LogP contribution < -0.4 is 4.89 Å². The number of unbranched alkanes of at least 4 members (excludes halogenated alkanes) is 22. The molecule has 2 atom stereocenters. The lowest BCUT2D eigenvalue weighted by Gasteiger charge is -2.28. The zero-order valence-electron chi connectivity index (χ0n) is 36.8. The van der Waals surface area contributed by atoms with Crippen LogP contribution in [-0.2, 0) is 32.7 Å². The highest BCUT2D eigenvalue weighted by atomic mass is 31.2. The van der Waals surface area contributed by atoms with Crippen LogP contribution >= 0.6 is 7.82 Å². The van der Waals surface area contributed by atoms with Crippen molar-refractivity contribution in [3.8, 4) is 0 Å². The Balaban J connectivity index is 4.36. The minimum absolute atomic E-state index is 0.0343. The molecule has 0 aliphatic rings. The van der Waals surface area contributed by atoms with Gasteiger partial charge in [0.15, 0.2) is 6.10 Å². The smallest absolute Gasteiger partial charge is 0.306 e. The molecule has 0 fully saturated rings. The van der Waals surface area contributed by atoms with E-state index in [4.69, 9.17) is 18.5 Å². The molecule has 0 aliphatic carbocycles. The second kappa shape index (κ2) is 38.7. The molecule has 0 heterocycles. The molecular formula is C46H86NO8P. The van der Waals surface area contributed by atoms with E-state index >= 15 is 0 Å². The third kappa shape index (κ3) is 41.9. The van der Waals surface area contributed by atoms with E-state index in [0.29, 0.717) is 17.4 Å². The molecule has 328 valence electrons. The van der Waals surface area contributed by atoms with Gasteiger partial charge in [-0.05, 0) is 64.2 Å². The molecule has 10 heteroatoms. The molecule has 0 amide bonds. The summed E-state index contributed by atoms with van der Waals surface area (Å²) in [5.74, 6) is -0.852. The number of phosphoric ester groups is 1. The van der Waals surface area contributed by atoms with Gasteiger partial charge in [-0.1, -0.05) is 153 Å². The molecule has 0 aromatic rings. The molecule has 0 rings (SSSR count). The maximum atomic E-state index is 12.7. The van der Waals surface area contributed by atoms with Gasteiger partial charge in [-0.3, -0.25) is 14.2 Å². The summed E-state index contributed by atoms with van der Waals surface area (Å²) in [5, 5.41) is 0. The van der Waals surface area contributed by atoms with Gasteiger partial charge in [-0.2, -0.15) is 0 Å². The number of allylic oxidation sites excluding steroid dienone is 6. The molecule has 0 spiro atoms. The van der Waals surface area contributed by atoms with Crippen LogP contribution in [0.25, 0.3) is 0 Å². The van der Waals surface area contributed by atoms with Crippen LogP contribution in [0.2, 0.25) is 0 Å². The van der Waals surface area contributed by atoms with Crippen LogP contribution in [0.15, 0.2) is 36.5 Å². The predicted octanol–water partition coefficient (Wildman–Crippen LogP) is 12.3. The first-order valence-corrected chi connectivity index (χ1v) is 24.2. The fourth-order valence-corrected chi connectivity index (χ4v) is 6.78. The average Bonchev–Trinajstić information content (AvgIpc) is 3.15. The van der Waals surface area contributed by atoms with Gasteiger partial charge in [0.05, 0.1) is 27.7 Å². The van der Waals surface area contributed by atoms with E-state index in [0.717, 1.165) is 57.8 Å². The zero-order chi connectivity index (χ0) is 41.4. The van der Waals surface area contributed by atoms with E-state index in [-0.39, 0.29) is 32.0 Å². The number of likely N-dealkylation sites (N-methyl/N-ethyl adjacent to an activating group) is 1. The number of ether oxygens (including phenoxy) is 2. The second-order valence-corrected chi connectivity index (χ2v) is 17.8. The molecule has 1 unspecified atom stereocenters. The van der Waals surface area contributed by atoms with E-state index in [9.17, 15) is 19.0 Å². The summed E-state index contributed by atoms with van der Waals surface area (Å²) < 4.78 is 33.9. The van der Waals surface area contributed by atoms with Crippen molar-refractivity contribution in [3.63, 3.8) is 0 Å². The molecule has 0 N–H and O–H groups in total. The lowest BCUT2D eigenvalue weighted by Crippen LogP contribution is -2.37. The number of hydrogen-bond acceptors (Lipinski definition) is 8. The van der Waals surface area contributed by atoms with E-state index in [1.54, 1.807) is 0 Å². The molecular weight excluding hydrogens is 725 g/mol. The van der Waals surface area contributed by atoms with Crippen molar-refractivity contribution in [2.45, 2.75) is 200 Å². The van der Waals surface area contributed by atoms with Crippen LogP contribution in [-0.4, -0.2) is 70.0 Å². The fraction of sp³-hybridized carbons (Fsp3) is 0.826. The summed E-state index contributed by atoms with van der Waals surface area (Å²) in [7, 11) is 1.15. The Bertz CT molecular complexity index is 1050. The molecule has 0 radical (unpaired) electrons. The van der Waals surface area contributed by atoms with Gasteiger partial charge in [-0.15, -0.1) is 0 Å². The molecule has 0 saturated heterocycles. The number of rotatable bonds is 41. The molecule has 0 saturated carbocycles. The Morgan fingerprint density at radius 1 is 0.554 bits per heavy atom. The first kappa shape index (κ1) is 54.2. The highest BCUT2D eigenvalue weighted by molar-refractivity contribution is 7.45. The monoisotopic (exact) mass is 812 g/mol. The standard InChI is InChI=1S/C46H86NO8P/c1-6-8-10-12-14-16-18-20-22-23-25-26-28-30-32-34-36-38-45(48)52-42-44(43-54-56(50,51)53-41-40-47(3,4)5)55-46(49)39-37-35-33-31-29-27-24-21-19-17-15-13-11-9-7-2/h16-19,21,24,44H,6-15,20,22-23,25-43H2,1-5H3/b18-16+,19-17+,24-21+/t44-/m1/s1. The predicted molar refractivity (Wildman–Crippen MR) is 231 cm³/mol. The van der Waals surface area contributed by atoms with Crippen molar-refractivity contribution in [2.24, 2.45) is 0 Å². The quantitative estimate of drug-likeness (QED) is 0.0150. The number of hydrogen-bond donors (Lipinski definition) is 0. The van der Waals surface area contributed by atoms with Gasteiger partial charge in [-0.25, -0.2) is 0 Å². The van der Waals surface area contributed by atoms with Gasteiger partial charge >= 0.3 is 11.9 Å². The normalized spacial score (nSPS) is 13.9. The fourth-order valence-electron chi connectivity index (χ4n) is 6.05. The van der Waals surface area contributed by atoms with E-state index in [1.807, 2.05) is 21.1 Å². The highest BCUT2D eigenvalue weighted by Crippen LogP contribution is 2.38. The Morgan fingerprint density at radius 2 is 0.964 bits per heavy atom. The SMILES string of the molecule is CCCCCC/C=C/C=C/CCCCCCCC(=O)O[C@H](COC(=O)CCCCCCCCCCC/C=C/CCCCCC)COP(=O)([O-])OCC[N+](C)(C)C. The summed E-state index contributed by atoms with van der Waals surface area (Å²) in [5.41, 5.74) is 0. The summed E-state index contributed by atoms with van der Waals surface area (Å²) in [6, 6.07) is 0. The second-order valence-electron chi connectivity index (χ2n) is 16.4. The average molecular weight is 812 g/mol. The molecule has 0 bridgehead atoms. The van der Waals surface area contributed by atoms with Gasteiger partial charge < -0.3 is 27.9 Å². The molecule has 0 aliphatic heterocycles. The Hall–Kier alpha value is -1.77. The van der Waals surface area contributed by atoms with Crippen molar-refractivity contribution in [1.82, 2.24) is 0 Å². The zero-order valence-corrected chi connectivity index (χ0v) is 37.7. The Labute approximate surface area is 344 Å². The molecule has 56 heavy (non-hydrogen) atoms. The van der Waals surface area contributed by atoms with E-state index in [2.05, 4.69) is 50.3 Å². The Kier molecular flexibility index (Phi) is 37.5. The van der Waals surface area contributed by atoms with E-state index in [1.165, 1.54) is 103 Å². The van der Waals surface area contributed by atoms with Gasteiger partial charge in [0, 0.05) is 12.8 Å². The van der Waals surface area contributed by atoms with Crippen molar-refractivity contribution in [1.29, 1.82) is 0 Å². The van der Waals surface area contributed by atoms with Crippen LogP contribution in [0.1, 0.15) is 194 Å². The third-order valence-corrected chi connectivity index (χ3v) is 10.6. The Morgan fingerprint density at radius 3 is 1.43 bits per heavy atom. The third-order valence-electron chi connectivity index (χ3n) is 9.66. The first-order chi connectivity index (χ1) is 27.0. The van der Waals surface area contributed by atoms with Crippen LogP contribution in [0, 0.1) is 0 Å². The summed E-state index contributed by atoms with van der Waals surface area (Å²) in [6.45, 7) is 4.18. The van der Waals surface area contributed by atoms with Crippen molar-refractivity contribution in [3.05, 3.63) is 36.5 Å². The van der Waals surface area contributed by atoms with Crippen LogP contribution in [0.3, 0.4) is 0 Å². The van der Waals surface area contributed by atoms with Gasteiger partial charge in [0.25, 0.3) is 7.82 Å². The maximum absolute atomic E-state index is 12.7. The van der Waals surface area contributed by atoms with E-state index < -0.39 is 26.5 Å². The number of esters is 2. The van der Waals surface area contributed by atoms with Gasteiger partial charge in [0.2, 0.25) is 0 Å². The van der Waals surface area contributed by atoms with Crippen LogP contribution in [0.4, 0.5) is 0 Å². The van der Waals surface area contributed by atoms with Crippen molar-refractivity contribution >= 4 is 19.8 Å². The number of quaternary nitrogens is 1. The van der Waals surface area contributed by atoms with Crippen molar-refractivity contribution in [2.75, 3.05) is 47.5 Å². The topological polar surface area (TPSA) is 111 Å². The van der Waals surface area contributed by atoms with Crippen molar-refractivity contribution < 1.29 is 42.1 Å². The van der Waals surface area contributed by atoms with Crippen LogP contribution in [0.5, 0.6) is 0 Å². The number of phosphoric acid groups is 1. The number of nitrogens with zero attached hydrogens (tertiary/aromatic N) is 1. The molecule has 0 aromatic carbocycles. The largest absolute Gasteiger partial charge is 0.756 e. The number of carbonyl (C=O) groups excluding carboxylic acids is 2. The number of carbonyl (C=O) groups is 2. The minimum Gasteiger partial charge on any atom is -0.756 e. The van der Waals surface area contributed by atoms with Gasteiger partial charge in [0.1, 0.15) is 19.8 Å². The maximum Gasteiger partial charge on any atom is 0.306 e. The first-order valence-electron chi connectivity index (χ1n) is 22.7. The minimum atomic E-state index is -4.63. The highest BCUT2D eigenvalue weighted by Gasteiger charge is 2.21. The molecule has 9 nitrogen and oxygen atoms in total. The summed E-state index contributed by atoms with van der Waals surface area (Å²) in [4.78, 5) is 37.5. The summed E-state index contributed by atoms with van der Waals surface area (Å²) in [6.07, 6.45) is 43.0. The summed E-state index contributed by atoms with van der Waals surface area (Å²) >= 11 is 0. The lowest BCUT2D eigenvalue weighted by molar-refractivity contribution is -0.870. The molecule has 0 aromatic heterocycles. The lowest BCUT2D eigenvalue weighted by atomic mass is 10.1.